The molecule has 7 heteroatoms. The molecule has 0 unspecified atom stereocenters. The van der Waals surface area contributed by atoms with E-state index in [1.165, 1.54) is 20.2 Å². The summed E-state index contributed by atoms with van der Waals surface area (Å²) < 4.78 is 26.1. The maximum Gasteiger partial charge on any atom is 0.255 e. The first-order valence-corrected chi connectivity index (χ1v) is 9.47. The summed E-state index contributed by atoms with van der Waals surface area (Å²) in [6.45, 7) is 5.41. The van der Waals surface area contributed by atoms with Gasteiger partial charge in [-0.05, 0) is 61.7 Å². The highest BCUT2D eigenvalue weighted by molar-refractivity contribution is 7.89. The molecule has 134 valence electrons. The lowest BCUT2D eigenvalue weighted by molar-refractivity contribution is 0.102. The minimum Gasteiger partial charge on any atom is -0.321 e. The number of nitrogens with one attached hydrogen (secondary N) is 1. The van der Waals surface area contributed by atoms with E-state index < -0.39 is 15.9 Å². The molecule has 0 saturated carbocycles. The Balaban J connectivity index is 2.46. The van der Waals surface area contributed by atoms with Gasteiger partial charge in [-0.2, -0.15) is 0 Å². The summed E-state index contributed by atoms with van der Waals surface area (Å²) in [5.74, 6) is -0.413. The first kappa shape index (κ1) is 19.4. The van der Waals surface area contributed by atoms with Crippen molar-refractivity contribution in [3.63, 3.8) is 0 Å². The van der Waals surface area contributed by atoms with Crippen molar-refractivity contribution in [1.82, 2.24) is 4.31 Å². The zero-order valence-electron chi connectivity index (χ0n) is 14.8. The molecule has 0 aromatic heterocycles. The van der Waals surface area contributed by atoms with Crippen LogP contribution in [0.2, 0.25) is 5.02 Å². The molecule has 0 atom stereocenters. The smallest absolute Gasteiger partial charge is 0.255 e. The number of hydrogen-bond acceptors (Lipinski definition) is 3. The van der Waals surface area contributed by atoms with Gasteiger partial charge in [0.05, 0.1) is 15.6 Å². The van der Waals surface area contributed by atoms with Crippen molar-refractivity contribution < 1.29 is 13.2 Å². The van der Waals surface area contributed by atoms with Crippen LogP contribution in [0.4, 0.5) is 5.69 Å². The first-order valence-electron chi connectivity index (χ1n) is 7.65. The monoisotopic (exact) mass is 380 g/mol. The van der Waals surface area contributed by atoms with Gasteiger partial charge in [0.25, 0.3) is 5.91 Å². The molecule has 2 aromatic rings. The van der Waals surface area contributed by atoms with Crippen molar-refractivity contribution in [3.8, 4) is 0 Å². The second-order valence-electron chi connectivity index (χ2n) is 6.14. The van der Waals surface area contributed by atoms with Gasteiger partial charge in [-0.25, -0.2) is 12.7 Å². The van der Waals surface area contributed by atoms with E-state index in [1.54, 1.807) is 32.0 Å². The van der Waals surface area contributed by atoms with Gasteiger partial charge in [0.2, 0.25) is 10.0 Å². The van der Waals surface area contributed by atoms with E-state index in [-0.39, 0.29) is 10.5 Å². The number of aryl methyl sites for hydroxylation is 2. The van der Waals surface area contributed by atoms with Crippen molar-refractivity contribution in [2.24, 2.45) is 0 Å². The van der Waals surface area contributed by atoms with Crippen molar-refractivity contribution in [2.75, 3.05) is 19.4 Å². The van der Waals surface area contributed by atoms with Crippen molar-refractivity contribution in [3.05, 3.63) is 57.6 Å². The highest BCUT2D eigenvalue weighted by atomic mass is 35.5. The summed E-state index contributed by atoms with van der Waals surface area (Å²) in [6.07, 6.45) is 0. The van der Waals surface area contributed by atoms with Crippen LogP contribution in [-0.4, -0.2) is 32.7 Å². The van der Waals surface area contributed by atoms with Crippen LogP contribution in [0.3, 0.4) is 0 Å². The third kappa shape index (κ3) is 4.03. The molecule has 2 aromatic carbocycles. The van der Waals surface area contributed by atoms with E-state index in [9.17, 15) is 13.2 Å². The molecule has 25 heavy (non-hydrogen) atoms. The second-order valence-corrected chi connectivity index (χ2v) is 8.67. The van der Waals surface area contributed by atoms with Crippen molar-refractivity contribution >= 4 is 33.2 Å². The number of carbonyl (C=O) groups is 1. The number of carbonyl (C=O) groups excluding carboxylic acids is 1. The molecule has 0 saturated heterocycles. The highest BCUT2D eigenvalue weighted by Crippen LogP contribution is 2.26. The fourth-order valence-corrected chi connectivity index (χ4v) is 3.84. The van der Waals surface area contributed by atoms with Crippen LogP contribution in [0.25, 0.3) is 0 Å². The summed E-state index contributed by atoms with van der Waals surface area (Å²) in [5.41, 5.74) is 3.07. The number of hydrogen-bond donors (Lipinski definition) is 1. The second kappa shape index (κ2) is 7.15. The number of rotatable bonds is 4. The maximum absolute atomic E-state index is 12.6. The van der Waals surface area contributed by atoms with Crippen LogP contribution in [0.5, 0.6) is 0 Å². The van der Waals surface area contributed by atoms with E-state index >= 15 is 0 Å². The molecule has 0 aliphatic heterocycles. The number of nitrogens with zero attached hydrogens (tertiary/aromatic N) is 1. The lowest BCUT2D eigenvalue weighted by Gasteiger charge is -2.17. The molecule has 1 N–H and O–H groups in total. The fraction of sp³-hybridized carbons (Fsp3) is 0.278. The molecule has 1 amide bonds. The summed E-state index contributed by atoms with van der Waals surface area (Å²) >= 11 is 6.15. The van der Waals surface area contributed by atoms with Crippen LogP contribution in [-0.2, 0) is 10.0 Å². The van der Waals surface area contributed by atoms with Crippen LogP contribution in [0.15, 0.2) is 35.2 Å². The Morgan fingerprint density at radius 2 is 1.72 bits per heavy atom. The number of anilines is 1. The minimum absolute atomic E-state index is 0.123. The number of amides is 1. The molecule has 0 aliphatic rings. The summed E-state index contributed by atoms with van der Waals surface area (Å²) in [5, 5.41) is 3.16. The Hall–Kier alpha value is -1.89. The van der Waals surface area contributed by atoms with Crippen LogP contribution in [0.1, 0.15) is 27.0 Å². The first-order chi connectivity index (χ1) is 11.5. The minimum atomic E-state index is -3.65. The van der Waals surface area contributed by atoms with Gasteiger partial charge in [-0.15, -0.1) is 0 Å². The Morgan fingerprint density at radius 1 is 1.08 bits per heavy atom. The predicted octanol–water partition coefficient (Wildman–Crippen LogP) is 3.77. The van der Waals surface area contributed by atoms with E-state index in [4.69, 9.17) is 11.6 Å². The van der Waals surface area contributed by atoms with Gasteiger partial charge in [-0.1, -0.05) is 17.7 Å². The van der Waals surface area contributed by atoms with Crippen LogP contribution < -0.4 is 5.32 Å². The third-order valence-corrected chi connectivity index (χ3v) is 6.27. The predicted molar refractivity (Wildman–Crippen MR) is 101 cm³/mol. The third-order valence-electron chi connectivity index (χ3n) is 4.01. The zero-order valence-corrected chi connectivity index (χ0v) is 16.4. The van der Waals surface area contributed by atoms with Gasteiger partial charge < -0.3 is 5.32 Å². The highest BCUT2D eigenvalue weighted by Gasteiger charge is 2.23. The molecular formula is C18H21ClN2O3S. The topological polar surface area (TPSA) is 66.5 Å². The molecule has 0 fully saturated rings. The van der Waals surface area contributed by atoms with Crippen LogP contribution >= 0.6 is 11.6 Å². The fourth-order valence-electron chi connectivity index (χ4n) is 2.34. The average Bonchev–Trinajstić information content (AvgIpc) is 2.52. The van der Waals surface area contributed by atoms with Crippen molar-refractivity contribution in [1.29, 1.82) is 0 Å². The Bertz CT molecular complexity index is 938. The van der Waals surface area contributed by atoms with E-state index in [0.717, 1.165) is 15.4 Å². The Labute approximate surface area is 153 Å². The lowest BCUT2D eigenvalue weighted by atomic mass is 10.1. The molecule has 0 aliphatic carbocycles. The number of sulfonamides is 1. The molecule has 0 spiro atoms. The lowest BCUT2D eigenvalue weighted by Crippen LogP contribution is -2.24. The summed E-state index contributed by atoms with van der Waals surface area (Å²) in [7, 11) is -0.723. The van der Waals surface area contributed by atoms with Gasteiger partial charge in [0.15, 0.2) is 0 Å². The van der Waals surface area contributed by atoms with Crippen LogP contribution in [0, 0.1) is 20.8 Å². The quantitative estimate of drug-likeness (QED) is 0.877. The van der Waals surface area contributed by atoms with Gasteiger partial charge >= 0.3 is 0 Å². The number of benzene rings is 2. The maximum atomic E-state index is 12.6. The standard InChI is InChI=1S/C18H21ClN2O3S/c1-11-6-7-16(15(19)8-11)20-18(22)14-9-12(2)13(3)17(10-14)25(23,24)21(4)5/h6-10H,1-5H3,(H,20,22). The van der Waals surface area contributed by atoms with Gasteiger partial charge in [0, 0.05) is 19.7 Å². The summed E-state index contributed by atoms with van der Waals surface area (Å²) in [4.78, 5) is 12.7. The van der Waals surface area contributed by atoms with Gasteiger partial charge in [0.1, 0.15) is 0 Å². The zero-order chi connectivity index (χ0) is 18.9. The molecule has 0 radical (unpaired) electrons. The summed E-state index contributed by atoms with van der Waals surface area (Å²) in [6, 6.07) is 8.37. The van der Waals surface area contributed by atoms with Gasteiger partial charge in [-0.3, -0.25) is 4.79 Å². The molecule has 2 rings (SSSR count). The van der Waals surface area contributed by atoms with E-state index in [1.807, 2.05) is 13.0 Å². The van der Waals surface area contributed by atoms with Crippen molar-refractivity contribution in [2.45, 2.75) is 25.7 Å². The SMILES string of the molecule is Cc1ccc(NC(=O)c2cc(C)c(C)c(S(=O)(=O)N(C)C)c2)c(Cl)c1. The molecule has 0 bridgehead atoms. The Kier molecular flexibility index (Phi) is 5.56. The number of halogens is 1. The largest absolute Gasteiger partial charge is 0.321 e. The van der Waals surface area contributed by atoms with E-state index in [2.05, 4.69) is 5.32 Å². The Morgan fingerprint density at radius 3 is 2.28 bits per heavy atom. The molecule has 5 nitrogen and oxygen atoms in total. The molecular weight excluding hydrogens is 360 g/mol. The molecule has 0 heterocycles. The normalized spacial score (nSPS) is 11.6. The van der Waals surface area contributed by atoms with E-state index in [0.29, 0.717) is 16.3 Å². The average molecular weight is 381 g/mol.